The van der Waals surface area contributed by atoms with Crippen LogP contribution in [0.15, 0.2) is 53.0 Å². The SMILES string of the molecule is CC(=O)C(NC(=O)N(C=N)c1ccc(N2CCN(c3ccc(Br)cc3)CC2)cc1)C(C)C. The third kappa shape index (κ3) is 5.68. The zero-order chi connectivity index (χ0) is 23.3. The predicted molar refractivity (Wildman–Crippen MR) is 134 cm³/mol. The molecule has 1 unspecified atom stereocenters. The highest BCUT2D eigenvalue weighted by atomic mass is 79.9. The molecule has 1 fully saturated rings. The predicted octanol–water partition coefficient (Wildman–Crippen LogP) is 4.51. The van der Waals surface area contributed by atoms with Crippen LogP contribution in [-0.2, 0) is 4.79 Å². The highest BCUT2D eigenvalue weighted by Gasteiger charge is 2.24. The van der Waals surface area contributed by atoms with Gasteiger partial charge in [0.25, 0.3) is 0 Å². The molecule has 2 aromatic rings. The van der Waals surface area contributed by atoms with Crippen molar-refractivity contribution in [1.82, 2.24) is 5.32 Å². The molecular weight excluding hydrogens is 470 g/mol. The third-order valence-electron chi connectivity index (χ3n) is 5.70. The van der Waals surface area contributed by atoms with E-state index < -0.39 is 12.1 Å². The average molecular weight is 500 g/mol. The Morgan fingerprint density at radius 1 is 0.969 bits per heavy atom. The molecule has 0 spiro atoms. The first-order valence-electron chi connectivity index (χ1n) is 10.8. The Hall–Kier alpha value is -2.87. The van der Waals surface area contributed by atoms with Gasteiger partial charge in [-0.25, -0.2) is 4.79 Å². The Morgan fingerprint density at radius 2 is 1.44 bits per heavy atom. The number of nitrogens with zero attached hydrogens (tertiary/aromatic N) is 3. The number of anilines is 3. The second-order valence-electron chi connectivity index (χ2n) is 8.25. The molecule has 2 aromatic carbocycles. The van der Waals surface area contributed by atoms with Crippen LogP contribution in [0.3, 0.4) is 0 Å². The summed E-state index contributed by atoms with van der Waals surface area (Å²) in [4.78, 5) is 30.4. The van der Waals surface area contributed by atoms with E-state index in [0.29, 0.717) is 5.69 Å². The molecule has 0 bridgehead atoms. The molecule has 1 heterocycles. The Kier molecular flexibility index (Phi) is 7.90. The summed E-state index contributed by atoms with van der Waals surface area (Å²) in [6, 6.07) is 14.9. The largest absolute Gasteiger partial charge is 0.368 e. The second-order valence-corrected chi connectivity index (χ2v) is 9.16. The molecule has 0 saturated carbocycles. The number of rotatable bonds is 7. The van der Waals surface area contributed by atoms with Gasteiger partial charge in [-0.05, 0) is 61.4 Å². The standard InChI is InChI=1S/C24H30BrN5O2/c1-17(2)23(18(3)31)27-24(32)30(16-26)22-10-8-21(9-11-22)29-14-12-28(13-15-29)20-6-4-19(25)5-7-20/h4-11,16-17,23,26H,12-15H2,1-3H3,(H,27,32). The van der Waals surface area contributed by atoms with Crippen molar-refractivity contribution in [3.05, 3.63) is 53.0 Å². The van der Waals surface area contributed by atoms with Gasteiger partial charge in [0, 0.05) is 42.0 Å². The van der Waals surface area contributed by atoms with Crippen LogP contribution >= 0.6 is 15.9 Å². The Morgan fingerprint density at radius 3 is 1.84 bits per heavy atom. The molecule has 1 saturated heterocycles. The van der Waals surface area contributed by atoms with Gasteiger partial charge in [0.2, 0.25) is 0 Å². The molecule has 1 aliphatic rings. The molecule has 170 valence electrons. The highest BCUT2D eigenvalue weighted by molar-refractivity contribution is 9.10. The van der Waals surface area contributed by atoms with E-state index in [9.17, 15) is 9.59 Å². The van der Waals surface area contributed by atoms with Gasteiger partial charge < -0.3 is 15.1 Å². The lowest BCUT2D eigenvalue weighted by molar-refractivity contribution is -0.119. The van der Waals surface area contributed by atoms with Crippen LogP contribution in [0.5, 0.6) is 0 Å². The van der Waals surface area contributed by atoms with E-state index >= 15 is 0 Å². The minimum atomic E-state index is -0.578. The summed E-state index contributed by atoms with van der Waals surface area (Å²) in [6.07, 6.45) is 0.971. The fourth-order valence-corrected chi connectivity index (χ4v) is 4.15. The summed E-state index contributed by atoms with van der Waals surface area (Å²) in [5.41, 5.74) is 2.89. The maximum atomic E-state index is 12.7. The van der Waals surface area contributed by atoms with E-state index in [1.807, 2.05) is 38.1 Å². The van der Waals surface area contributed by atoms with E-state index in [2.05, 4.69) is 55.3 Å². The molecule has 0 radical (unpaired) electrons. The zero-order valence-electron chi connectivity index (χ0n) is 18.7. The number of Topliss-reactive ketones (excluding diaryl/α,β-unsaturated/α-hetero) is 1. The topological polar surface area (TPSA) is 79.7 Å². The molecule has 0 aromatic heterocycles. The van der Waals surface area contributed by atoms with Crippen LogP contribution in [0.4, 0.5) is 21.9 Å². The van der Waals surface area contributed by atoms with Crippen molar-refractivity contribution >= 4 is 51.1 Å². The first-order valence-corrected chi connectivity index (χ1v) is 11.6. The number of nitrogens with one attached hydrogen (secondary N) is 2. The maximum absolute atomic E-state index is 12.7. The van der Waals surface area contributed by atoms with Crippen molar-refractivity contribution in [2.75, 3.05) is 40.9 Å². The third-order valence-corrected chi connectivity index (χ3v) is 6.22. The van der Waals surface area contributed by atoms with Crippen molar-refractivity contribution in [3.63, 3.8) is 0 Å². The van der Waals surface area contributed by atoms with Gasteiger partial charge >= 0.3 is 6.03 Å². The Labute approximate surface area is 198 Å². The Bertz CT molecular complexity index is 938. The molecular formula is C24H30BrN5O2. The lowest BCUT2D eigenvalue weighted by Gasteiger charge is -2.37. The van der Waals surface area contributed by atoms with E-state index in [1.165, 1.54) is 17.5 Å². The Balaban J connectivity index is 1.62. The van der Waals surface area contributed by atoms with Gasteiger partial charge in [0.05, 0.1) is 18.1 Å². The van der Waals surface area contributed by atoms with Gasteiger partial charge in [0.15, 0.2) is 5.78 Å². The molecule has 2 N–H and O–H groups in total. The zero-order valence-corrected chi connectivity index (χ0v) is 20.3. The van der Waals surface area contributed by atoms with Crippen molar-refractivity contribution < 1.29 is 9.59 Å². The number of carbonyl (C=O) groups is 2. The van der Waals surface area contributed by atoms with Crippen LogP contribution in [0, 0.1) is 11.3 Å². The lowest BCUT2D eigenvalue weighted by Crippen LogP contribution is -2.49. The number of hydrogen-bond acceptors (Lipinski definition) is 5. The number of ketones is 1. The maximum Gasteiger partial charge on any atom is 0.327 e. The van der Waals surface area contributed by atoms with Gasteiger partial charge in [-0.15, -0.1) is 0 Å². The fourth-order valence-electron chi connectivity index (χ4n) is 3.89. The van der Waals surface area contributed by atoms with Crippen LogP contribution in [0.1, 0.15) is 20.8 Å². The molecule has 7 nitrogen and oxygen atoms in total. The monoisotopic (exact) mass is 499 g/mol. The number of hydrogen-bond donors (Lipinski definition) is 2. The number of carbonyl (C=O) groups excluding carboxylic acids is 2. The van der Waals surface area contributed by atoms with E-state index in [4.69, 9.17) is 5.41 Å². The number of piperazine rings is 1. The summed E-state index contributed by atoms with van der Waals surface area (Å²) < 4.78 is 1.08. The summed E-state index contributed by atoms with van der Waals surface area (Å²) in [6.45, 7) is 8.89. The van der Waals surface area contributed by atoms with Crippen molar-refractivity contribution in [3.8, 4) is 0 Å². The van der Waals surface area contributed by atoms with Crippen LogP contribution in [0.2, 0.25) is 0 Å². The first-order chi connectivity index (χ1) is 15.3. The molecule has 1 atom stereocenters. The van der Waals surface area contributed by atoms with E-state index in [0.717, 1.165) is 42.7 Å². The summed E-state index contributed by atoms with van der Waals surface area (Å²) in [7, 11) is 0. The summed E-state index contributed by atoms with van der Waals surface area (Å²) in [5.74, 6) is -0.126. The normalized spacial score (nSPS) is 14.8. The van der Waals surface area contributed by atoms with Crippen LogP contribution in [0.25, 0.3) is 0 Å². The average Bonchev–Trinajstić information content (AvgIpc) is 2.79. The molecule has 1 aliphatic heterocycles. The number of amides is 2. The first kappa shape index (κ1) is 23.8. The fraction of sp³-hybridized carbons (Fsp3) is 0.375. The number of benzene rings is 2. The van der Waals surface area contributed by atoms with Gasteiger partial charge in [0.1, 0.15) is 0 Å². The lowest BCUT2D eigenvalue weighted by atomic mass is 10.0. The summed E-state index contributed by atoms with van der Waals surface area (Å²) in [5, 5.41) is 10.4. The molecule has 32 heavy (non-hydrogen) atoms. The van der Waals surface area contributed by atoms with Crippen molar-refractivity contribution in [1.29, 1.82) is 5.41 Å². The van der Waals surface area contributed by atoms with Gasteiger partial charge in [-0.1, -0.05) is 29.8 Å². The van der Waals surface area contributed by atoms with Crippen molar-refractivity contribution in [2.45, 2.75) is 26.8 Å². The van der Waals surface area contributed by atoms with Crippen molar-refractivity contribution in [2.24, 2.45) is 5.92 Å². The van der Waals surface area contributed by atoms with E-state index in [-0.39, 0.29) is 11.7 Å². The van der Waals surface area contributed by atoms with Crippen LogP contribution in [-0.4, -0.2) is 50.4 Å². The molecule has 2 amide bonds. The molecule has 0 aliphatic carbocycles. The molecule has 8 heteroatoms. The molecule has 3 rings (SSSR count). The van der Waals surface area contributed by atoms with Gasteiger partial charge in [-0.2, -0.15) is 0 Å². The quantitative estimate of drug-likeness (QED) is 0.433. The summed E-state index contributed by atoms with van der Waals surface area (Å²) >= 11 is 3.48. The second kappa shape index (κ2) is 10.6. The minimum Gasteiger partial charge on any atom is -0.368 e. The van der Waals surface area contributed by atoms with Gasteiger partial charge in [-0.3, -0.25) is 15.1 Å². The van der Waals surface area contributed by atoms with E-state index in [1.54, 1.807) is 0 Å². The minimum absolute atomic E-state index is 0.0255. The number of halogens is 1. The number of urea groups is 1. The van der Waals surface area contributed by atoms with Crippen LogP contribution < -0.4 is 20.0 Å². The smallest absolute Gasteiger partial charge is 0.327 e. The highest BCUT2D eigenvalue weighted by Crippen LogP contribution is 2.24.